The minimum Gasteiger partial charge on any atom is -0.480 e. The fourth-order valence-electron chi connectivity index (χ4n) is 2.42. The van der Waals surface area contributed by atoms with Gasteiger partial charge in [0.1, 0.15) is 5.69 Å². The van der Waals surface area contributed by atoms with Crippen LogP contribution in [0.3, 0.4) is 0 Å². The second kappa shape index (κ2) is 6.56. The molecule has 1 aliphatic carbocycles. The molecule has 0 radical (unpaired) electrons. The van der Waals surface area contributed by atoms with Gasteiger partial charge in [-0.3, -0.25) is 0 Å². The fourth-order valence-corrected chi connectivity index (χ4v) is 2.42. The van der Waals surface area contributed by atoms with Gasteiger partial charge in [0.15, 0.2) is 0 Å². The van der Waals surface area contributed by atoms with E-state index in [1.165, 1.54) is 7.11 Å². The molecule has 1 heterocycles. The molecule has 0 aliphatic heterocycles. The van der Waals surface area contributed by atoms with E-state index in [-0.39, 0.29) is 12.1 Å². The third kappa shape index (κ3) is 3.60. The summed E-state index contributed by atoms with van der Waals surface area (Å²) >= 11 is 0. The van der Waals surface area contributed by atoms with Crippen molar-refractivity contribution < 1.29 is 14.6 Å². The SMILES string of the molecule is COc1ncc(C)cc1NC(=O)NC1CCCCC1O. The van der Waals surface area contributed by atoms with Crippen molar-refractivity contribution in [1.29, 1.82) is 0 Å². The quantitative estimate of drug-likeness (QED) is 0.788. The number of aryl methyl sites for hydroxylation is 1. The molecule has 3 N–H and O–H groups in total. The predicted molar refractivity (Wildman–Crippen MR) is 75.9 cm³/mol. The first-order chi connectivity index (χ1) is 9.60. The number of carbonyl (C=O) groups is 1. The largest absolute Gasteiger partial charge is 0.480 e. The van der Waals surface area contributed by atoms with Crippen molar-refractivity contribution in [2.75, 3.05) is 12.4 Å². The number of nitrogens with one attached hydrogen (secondary N) is 2. The number of nitrogens with zero attached hydrogens (tertiary/aromatic N) is 1. The van der Waals surface area contributed by atoms with E-state index in [4.69, 9.17) is 4.74 Å². The Labute approximate surface area is 118 Å². The van der Waals surface area contributed by atoms with Crippen molar-refractivity contribution in [3.63, 3.8) is 0 Å². The molecule has 1 saturated carbocycles. The van der Waals surface area contributed by atoms with Gasteiger partial charge in [-0.25, -0.2) is 9.78 Å². The number of ether oxygens (including phenoxy) is 1. The summed E-state index contributed by atoms with van der Waals surface area (Å²) in [4.78, 5) is 16.1. The molecule has 1 aromatic rings. The van der Waals surface area contributed by atoms with E-state index in [0.717, 1.165) is 31.2 Å². The standard InChI is InChI=1S/C14H21N3O3/c1-9-7-11(13(20-2)15-8-9)17-14(19)16-10-5-3-4-6-12(10)18/h7-8,10,12,18H,3-6H2,1-2H3,(H2,16,17,19). The number of methoxy groups -OCH3 is 1. The summed E-state index contributed by atoms with van der Waals surface area (Å²) in [6.07, 6.45) is 4.78. The summed E-state index contributed by atoms with van der Waals surface area (Å²) in [5, 5.41) is 15.4. The zero-order chi connectivity index (χ0) is 14.5. The van der Waals surface area contributed by atoms with Gasteiger partial charge in [-0.2, -0.15) is 0 Å². The van der Waals surface area contributed by atoms with Crippen molar-refractivity contribution in [1.82, 2.24) is 10.3 Å². The molecule has 0 saturated heterocycles. The van der Waals surface area contributed by atoms with E-state index < -0.39 is 6.10 Å². The number of anilines is 1. The van der Waals surface area contributed by atoms with Gasteiger partial charge in [-0.1, -0.05) is 12.8 Å². The number of pyridine rings is 1. The van der Waals surface area contributed by atoms with Crippen molar-refractivity contribution in [2.24, 2.45) is 0 Å². The van der Waals surface area contributed by atoms with Crippen molar-refractivity contribution in [2.45, 2.75) is 44.8 Å². The van der Waals surface area contributed by atoms with Crippen LogP contribution >= 0.6 is 0 Å². The molecule has 20 heavy (non-hydrogen) atoms. The number of aliphatic hydroxyl groups is 1. The lowest BCUT2D eigenvalue weighted by atomic mass is 9.93. The number of urea groups is 1. The number of carbonyl (C=O) groups excluding carboxylic acids is 1. The first-order valence-electron chi connectivity index (χ1n) is 6.86. The van der Waals surface area contributed by atoms with Crippen LogP contribution in [-0.2, 0) is 0 Å². The number of aliphatic hydroxyl groups excluding tert-OH is 1. The number of aromatic nitrogens is 1. The van der Waals surface area contributed by atoms with E-state index >= 15 is 0 Å². The van der Waals surface area contributed by atoms with Crippen molar-refractivity contribution >= 4 is 11.7 Å². The molecule has 0 aromatic carbocycles. The van der Waals surface area contributed by atoms with Crippen LogP contribution in [0.15, 0.2) is 12.3 Å². The van der Waals surface area contributed by atoms with Gasteiger partial charge in [0, 0.05) is 6.20 Å². The Hall–Kier alpha value is -1.82. The van der Waals surface area contributed by atoms with Gasteiger partial charge in [0.25, 0.3) is 0 Å². The molecular formula is C14H21N3O3. The van der Waals surface area contributed by atoms with Crippen molar-refractivity contribution in [3.8, 4) is 5.88 Å². The lowest BCUT2D eigenvalue weighted by Gasteiger charge is -2.28. The molecule has 2 atom stereocenters. The Morgan fingerprint density at radius 2 is 2.20 bits per heavy atom. The van der Waals surface area contributed by atoms with Gasteiger partial charge in [0.2, 0.25) is 5.88 Å². The molecule has 1 fully saturated rings. The normalized spacial score (nSPS) is 22.1. The Kier molecular flexibility index (Phi) is 4.79. The first kappa shape index (κ1) is 14.6. The molecule has 6 heteroatoms. The molecule has 110 valence electrons. The van der Waals surface area contributed by atoms with Crippen LogP contribution in [0.5, 0.6) is 5.88 Å². The van der Waals surface area contributed by atoms with Crippen LogP contribution in [0.25, 0.3) is 0 Å². The monoisotopic (exact) mass is 279 g/mol. The molecule has 1 aromatic heterocycles. The van der Waals surface area contributed by atoms with Gasteiger partial charge in [-0.05, 0) is 31.4 Å². The summed E-state index contributed by atoms with van der Waals surface area (Å²) in [7, 11) is 1.51. The summed E-state index contributed by atoms with van der Waals surface area (Å²) < 4.78 is 5.11. The summed E-state index contributed by atoms with van der Waals surface area (Å²) in [5.74, 6) is 0.370. The molecule has 6 nitrogen and oxygen atoms in total. The second-order valence-corrected chi connectivity index (χ2v) is 5.13. The van der Waals surface area contributed by atoms with E-state index in [1.54, 1.807) is 12.3 Å². The highest BCUT2D eigenvalue weighted by molar-refractivity contribution is 5.90. The molecular weight excluding hydrogens is 258 g/mol. The van der Waals surface area contributed by atoms with Crippen LogP contribution in [0.4, 0.5) is 10.5 Å². The maximum atomic E-state index is 12.0. The Morgan fingerprint density at radius 3 is 2.90 bits per heavy atom. The van der Waals surface area contributed by atoms with Gasteiger partial charge in [0.05, 0.1) is 19.3 Å². The Morgan fingerprint density at radius 1 is 1.45 bits per heavy atom. The van der Waals surface area contributed by atoms with Gasteiger partial charge < -0.3 is 20.5 Å². The summed E-state index contributed by atoms with van der Waals surface area (Å²) in [6, 6.07) is 1.26. The van der Waals surface area contributed by atoms with E-state index in [9.17, 15) is 9.90 Å². The van der Waals surface area contributed by atoms with Crippen LogP contribution in [0.1, 0.15) is 31.2 Å². The van der Waals surface area contributed by atoms with Crippen LogP contribution in [0.2, 0.25) is 0 Å². The second-order valence-electron chi connectivity index (χ2n) is 5.13. The third-order valence-corrected chi connectivity index (χ3v) is 3.48. The highest BCUT2D eigenvalue weighted by atomic mass is 16.5. The molecule has 0 spiro atoms. The smallest absolute Gasteiger partial charge is 0.319 e. The molecule has 2 unspecified atom stereocenters. The highest BCUT2D eigenvalue weighted by Crippen LogP contribution is 2.22. The maximum absolute atomic E-state index is 12.0. The van der Waals surface area contributed by atoms with Crippen LogP contribution in [-0.4, -0.2) is 35.4 Å². The van der Waals surface area contributed by atoms with Gasteiger partial charge in [-0.15, -0.1) is 0 Å². The highest BCUT2D eigenvalue weighted by Gasteiger charge is 2.24. The summed E-state index contributed by atoms with van der Waals surface area (Å²) in [6.45, 7) is 1.89. The third-order valence-electron chi connectivity index (χ3n) is 3.48. The van der Waals surface area contributed by atoms with E-state index in [2.05, 4.69) is 15.6 Å². The lowest BCUT2D eigenvalue weighted by molar-refractivity contribution is 0.0955. The number of hydrogen-bond acceptors (Lipinski definition) is 4. The average molecular weight is 279 g/mol. The molecule has 2 amide bonds. The Balaban J connectivity index is 1.99. The van der Waals surface area contributed by atoms with Gasteiger partial charge >= 0.3 is 6.03 Å². The molecule has 2 rings (SSSR count). The number of rotatable bonds is 3. The van der Waals surface area contributed by atoms with E-state index in [0.29, 0.717) is 11.6 Å². The minimum absolute atomic E-state index is 0.187. The summed E-state index contributed by atoms with van der Waals surface area (Å²) in [5.41, 5.74) is 1.45. The van der Waals surface area contributed by atoms with E-state index in [1.807, 2.05) is 6.92 Å². The minimum atomic E-state index is -0.466. The lowest BCUT2D eigenvalue weighted by Crippen LogP contribution is -2.46. The number of hydrogen-bond donors (Lipinski definition) is 3. The Bertz CT molecular complexity index is 479. The number of amides is 2. The van der Waals surface area contributed by atoms with Crippen molar-refractivity contribution in [3.05, 3.63) is 17.8 Å². The van der Waals surface area contributed by atoms with Crippen LogP contribution in [0, 0.1) is 6.92 Å². The predicted octanol–water partition coefficient (Wildman–Crippen LogP) is 1.82. The fraction of sp³-hybridized carbons (Fsp3) is 0.571. The maximum Gasteiger partial charge on any atom is 0.319 e. The first-order valence-corrected chi connectivity index (χ1v) is 6.86. The molecule has 1 aliphatic rings. The molecule has 0 bridgehead atoms. The average Bonchev–Trinajstić information content (AvgIpc) is 2.41. The zero-order valence-corrected chi connectivity index (χ0v) is 11.8. The topological polar surface area (TPSA) is 83.5 Å². The zero-order valence-electron chi connectivity index (χ0n) is 11.8. The van der Waals surface area contributed by atoms with Crippen LogP contribution < -0.4 is 15.4 Å².